The van der Waals surface area contributed by atoms with Crippen LogP contribution in [0.2, 0.25) is 0 Å². The molecule has 3 rings (SSSR count). The minimum atomic E-state index is 0.466. The van der Waals surface area contributed by atoms with Gasteiger partial charge in [0, 0.05) is 36.1 Å². The van der Waals surface area contributed by atoms with Crippen LogP contribution in [0, 0.1) is 0 Å². The number of nitrogens with zero attached hydrogens (tertiary/aromatic N) is 4. The summed E-state index contributed by atoms with van der Waals surface area (Å²) in [7, 11) is 0. The number of hydrogen-bond donors (Lipinski definition) is 1. The van der Waals surface area contributed by atoms with Gasteiger partial charge < -0.3 is 5.32 Å². The van der Waals surface area contributed by atoms with E-state index in [0.717, 1.165) is 25.4 Å². The molecule has 0 aromatic carbocycles. The zero-order valence-electron chi connectivity index (χ0n) is 11.8. The molecule has 1 fully saturated rings. The zero-order chi connectivity index (χ0) is 13.8. The van der Waals surface area contributed by atoms with Gasteiger partial charge in [0.25, 0.3) is 0 Å². The number of rotatable bonds is 7. The molecular formula is C14H21N5S. The topological polar surface area (TPSA) is 55.6 Å². The molecule has 1 atom stereocenters. The molecule has 1 unspecified atom stereocenters. The first-order valence-electron chi connectivity index (χ1n) is 7.31. The lowest BCUT2D eigenvalue weighted by Gasteiger charge is -2.22. The molecule has 0 bridgehead atoms. The number of hydrogen-bond acceptors (Lipinski definition) is 5. The maximum absolute atomic E-state index is 4.56. The molecule has 1 aliphatic rings. The first-order valence-corrected chi connectivity index (χ1v) is 8.13. The normalized spacial score (nSPS) is 17.1. The Balaban J connectivity index is 1.40. The molecular weight excluding hydrogens is 270 g/mol. The first-order chi connectivity index (χ1) is 9.81. The van der Waals surface area contributed by atoms with Gasteiger partial charge in [-0.1, -0.05) is 6.42 Å². The van der Waals surface area contributed by atoms with E-state index in [9.17, 15) is 0 Å². The van der Waals surface area contributed by atoms with Crippen molar-refractivity contribution in [1.82, 2.24) is 25.1 Å². The zero-order valence-corrected chi connectivity index (χ0v) is 12.6. The number of nitrogens with one attached hydrogen (secondary N) is 1. The van der Waals surface area contributed by atoms with Crippen molar-refractivity contribution in [1.29, 1.82) is 0 Å². The minimum Gasteiger partial charge on any atom is -0.309 e. The fraction of sp³-hybridized carbons (Fsp3) is 0.643. The summed E-state index contributed by atoms with van der Waals surface area (Å²) in [6, 6.07) is 0.466. The predicted molar refractivity (Wildman–Crippen MR) is 79.6 cm³/mol. The molecule has 5 nitrogen and oxygen atoms in total. The third kappa shape index (κ3) is 3.43. The summed E-state index contributed by atoms with van der Waals surface area (Å²) in [6.07, 6.45) is 10.5. The maximum atomic E-state index is 4.56. The lowest BCUT2D eigenvalue weighted by atomic mass is 9.86. The van der Waals surface area contributed by atoms with E-state index < -0.39 is 0 Å². The van der Waals surface area contributed by atoms with Crippen LogP contribution in [0.5, 0.6) is 0 Å². The van der Waals surface area contributed by atoms with Crippen LogP contribution < -0.4 is 5.32 Å². The largest absolute Gasteiger partial charge is 0.309 e. The second-order valence-corrected chi connectivity index (χ2v) is 6.67. The fourth-order valence-electron chi connectivity index (χ4n) is 2.30. The van der Waals surface area contributed by atoms with Gasteiger partial charge in [-0.05, 0) is 26.2 Å². The van der Waals surface area contributed by atoms with Crippen LogP contribution in [-0.4, -0.2) is 25.8 Å². The quantitative estimate of drug-likeness (QED) is 0.852. The smallest absolute Gasteiger partial charge is 0.137 e. The van der Waals surface area contributed by atoms with Crippen LogP contribution in [-0.2, 0) is 13.1 Å². The third-order valence-electron chi connectivity index (χ3n) is 3.91. The standard InChI is InChI=1S/C14H21N5S/c1-11(5-6-19-10-15-9-18-19)16-7-13-8-17-14(20-13)12-3-2-4-12/h8-12,16H,2-7H2,1H3. The van der Waals surface area contributed by atoms with E-state index in [2.05, 4.69) is 27.3 Å². The molecule has 1 N–H and O–H groups in total. The van der Waals surface area contributed by atoms with Crippen LogP contribution in [0.1, 0.15) is 48.4 Å². The molecule has 1 aliphatic carbocycles. The van der Waals surface area contributed by atoms with Gasteiger partial charge in [0.2, 0.25) is 0 Å². The van der Waals surface area contributed by atoms with Crippen molar-refractivity contribution in [3.05, 3.63) is 28.7 Å². The van der Waals surface area contributed by atoms with Crippen LogP contribution >= 0.6 is 11.3 Å². The molecule has 6 heteroatoms. The van der Waals surface area contributed by atoms with Crippen LogP contribution in [0.15, 0.2) is 18.9 Å². The highest BCUT2D eigenvalue weighted by Gasteiger charge is 2.22. The lowest BCUT2D eigenvalue weighted by molar-refractivity contribution is 0.418. The highest BCUT2D eigenvalue weighted by Crippen LogP contribution is 2.38. The van der Waals surface area contributed by atoms with Gasteiger partial charge in [0.05, 0.1) is 5.01 Å². The van der Waals surface area contributed by atoms with Crippen LogP contribution in [0.3, 0.4) is 0 Å². The molecule has 0 amide bonds. The Labute approximate surface area is 123 Å². The number of aryl methyl sites for hydroxylation is 1. The summed E-state index contributed by atoms with van der Waals surface area (Å²) in [5, 5.41) is 9.01. The summed E-state index contributed by atoms with van der Waals surface area (Å²) >= 11 is 1.87. The van der Waals surface area contributed by atoms with Crippen molar-refractivity contribution in [2.24, 2.45) is 0 Å². The van der Waals surface area contributed by atoms with E-state index in [1.54, 1.807) is 12.7 Å². The fourth-order valence-corrected chi connectivity index (χ4v) is 3.34. The molecule has 1 saturated carbocycles. The molecule has 0 saturated heterocycles. The van der Waals surface area contributed by atoms with Gasteiger partial charge in [-0.3, -0.25) is 4.68 Å². The Hall–Kier alpha value is -1.27. The maximum Gasteiger partial charge on any atom is 0.137 e. The summed E-state index contributed by atoms with van der Waals surface area (Å²) in [5.74, 6) is 0.749. The Morgan fingerprint density at radius 2 is 2.40 bits per heavy atom. The summed E-state index contributed by atoms with van der Waals surface area (Å²) in [5.41, 5.74) is 0. The van der Waals surface area contributed by atoms with Gasteiger partial charge in [0.1, 0.15) is 12.7 Å². The highest BCUT2D eigenvalue weighted by molar-refractivity contribution is 7.11. The predicted octanol–water partition coefficient (Wildman–Crippen LogP) is 2.57. The van der Waals surface area contributed by atoms with Gasteiger partial charge in [-0.25, -0.2) is 9.97 Å². The monoisotopic (exact) mass is 291 g/mol. The van der Waals surface area contributed by atoms with E-state index in [1.807, 2.05) is 22.2 Å². The van der Waals surface area contributed by atoms with Gasteiger partial charge in [-0.2, -0.15) is 5.10 Å². The average Bonchev–Trinajstić information content (AvgIpc) is 3.03. The molecule has 2 aromatic heterocycles. The second-order valence-electron chi connectivity index (χ2n) is 5.52. The van der Waals surface area contributed by atoms with Crippen molar-refractivity contribution in [2.45, 2.75) is 57.7 Å². The summed E-state index contributed by atoms with van der Waals surface area (Å²) < 4.78 is 1.87. The molecule has 0 radical (unpaired) electrons. The molecule has 0 aliphatic heterocycles. The molecule has 20 heavy (non-hydrogen) atoms. The summed E-state index contributed by atoms with van der Waals surface area (Å²) in [4.78, 5) is 9.86. The molecule has 2 aromatic rings. The molecule has 108 valence electrons. The lowest BCUT2D eigenvalue weighted by Crippen LogP contribution is -2.26. The van der Waals surface area contributed by atoms with Crippen molar-refractivity contribution < 1.29 is 0 Å². The minimum absolute atomic E-state index is 0.466. The van der Waals surface area contributed by atoms with Crippen LogP contribution in [0.25, 0.3) is 0 Å². The van der Waals surface area contributed by atoms with Gasteiger partial charge in [0.15, 0.2) is 0 Å². The van der Waals surface area contributed by atoms with Gasteiger partial charge in [-0.15, -0.1) is 11.3 Å². The Kier molecular flexibility index (Phi) is 4.42. The molecule has 2 heterocycles. The Morgan fingerprint density at radius 3 is 3.10 bits per heavy atom. The third-order valence-corrected chi connectivity index (χ3v) is 5.07. The molecule has 0 spiro atoms. The first kappa shape index (κ1) is 13.7. The van der Waals surface area contributed by atoms with E-state index >= 15 is 0 Å². The van der Waals surface area contributed by atoms with E-state index in [4.69, 9.17) is 0 Å². The number of aromatic nitrogens is 4. The summed E-state index contributed by atoms with van der Waals surface area (Å²) in [6.45, 7) is 4.04. The SMILES string of the molecule is CC(CCn1cncn1)NCc1cnc(C2CCC2)s1. The Morgan fingerprint density at radius 1 is 1.50 bits per heavy atom. The second kappa shape index (κ2) is 6.45. The van der Waals surface area contributed by atoms with Crippen molar-refractivity contribution in [2.75, 3.05) is 0 Å². The van der Waals surface area contributed by atoms with Crippen molar-refractivity contribution >= 4 is 11.3 Å². The van der Waals surface area contributed by atoms with E-state index in [-0.39, 0.29) is 0 Å². The van der Waals surface area contributed by atoms with Crippen LogP contribution in [0.4, 0.5) is 0 Å². The van der Waals surface area contributed by atoms with E-state index in [1.165, 1.54) is 29.1 Å². The average molecular weight is 291 g/mol. The van der Waals surface area contributed by atoms with Crippen molar-refractivity contribution in [3.8, 4) is 0 Å². The van der Waals surface area contributed by atoms with Crippen molar-refractivity contribution in [3.63, 3.8) is 0 Å². The van der Waals surface area contributed by atoms with E-state index in [0.29, 0.717) is 6.04 Å². The highest BCUT2D eigenvalue weighted by atomic mass is 32.1. The Bertz CT molecular complexity index is 517. The van der Waals surface area contributed by atoms with Gasteiger partial charge >= 0.3 is 0 Å². The number of thiazole rings is 1.